The molecule has 0 spiro atoms. The number of alkyl halides is 2. The molecule has 1 heterocycles. The highest BCUT2D eigenvalue weighted by Gasteiger charge is 2.42. The van der Waals surface area contributed by atoms with Gasteiger partial charge in [-0.1, -0.05) is 24.3 Å². The van der Waals surface area contributed by atoms with E-state index in [4.69, 9.17) is 23.2 Å². The maximum absolute atomic E-state index is 12.1. The van der Waals surface area contributed by atoms with Crippen molar-refractivity contribution in [1.29, 1.82) is 0 Å². The van der Waals surface area contributed by atoms with E-state index in [1.807, 2.05) is 34.1 Å². The zero-order valence-electron chi connectivity index (χ0n) is 8.85. The van der Waals surface area contributed by atoms with Gasteiger partial charge in [0.15, 0.2) is 0 Å². The molecule has 88 valence electrons. The van der Waals surface area contributed by atoms with Crippen LogP contribution in [0.5, 0.6) is 0 Å². The average Bonchev–Trinajstić information content (AvgIpc) is 2.56. The number of rotatable bonds is 4. The quantitative estimate of drug-likeness (QED) is 0.710. The van der Waals surface area contributed by atoms with Crippen LogP contribution in [-0.2, 0) is 0 Å². The second kappa shape index (κ2) is 5.11. The van der Waals surface area contributed by atoms with Gasteiger partial charge in [-0.3, -0.25) is 0 Å². The van der Waals surface area contributed by atoms with Crippen LogP contribution < -0.4 is 0 Å². The van der Waals surface area contributed by atoms with Crippen LogP contribution in [-0.4, -0.2) is 52.8 Å². The van der Waals surface area contributed by atoms with E-state index in [2.05, 4.69) is 0 Å². The Morgan fingerprint density at radius 1 is 1.00 bits per heavy atom. The van der Waals surface area contributed by atoms with Crippen LogP contribution in [0.15, 0.2) is 24.3 Å². The molecule has 0 aromatic heterocycles. The molecule has 2 amide bonds. The Hall–Kier alpha value is -0.670. The summed E-state index contributed by atoms with van der Waals surface area (Å²) >= 11 is 11.4. The maximum atomic E-state index is 12.1. The lowest BCUT2D eigenvalue weighted by Gasteiger charge is -2.24. The summed E-state index contributed by atoms with van der Waals surface area (Å²) in [5.74, 6) is 0.919. The van der Waals surface area contributed by atoms with Gasteiger partial charge in [0.2, 0.25) is 0 Å². The van der Waals surface area contributed by atoms with Gasteiger partial charge < -0.3 is 9.80 Å². The third-order valence-corrected chi connectivity index (χ3v) is 3.28. The minimum absolute atomic E-state index is 0.0347. The van der Waals surface area contributed by atoms with E-state index in [-0.39, 0.29) is 18.1 Å². The highest BCUT2D eigenvalue weighted by Crippen LogP contribution is 2.27. The Morgan fingerprint density at radius 2 is 1.44 bits per heavy atom. The van der Waals surface area contributed by atoms with Crippen molar-refractivity contribution < 1.29 is 4.79 Å². The molecule has 2 rings (SSSR count). The van der Waals surface area contributed by atoms with Crippen LogP contribution >= 0.6 is 23.2 Å². The first-order valence-electron chi connectivity index (χ1n) is 5.33. The van der Waals surface area contributed by atoms with E-state index in [9.17, 15) is 4.79 Å². The van der Waals surface area contributed by atoms with Crippen molar-refractivity contribution in [3.8, 4) is 0 Å². The molecule has 1 aliphatic carbocycles. The Balaban J connectivity index is 2.20. The number of halogens is 2. The van der Waals surface area contributed by atoms with Crippen LogP contribution in [0.3, 0.4) is 0 Å². The lowest BCUT2D eigenvalue weighted by molar-refractivity contribution is 0.191. The fraction of sp³-hybridized carbons (Fsp3) is 0.545. The topological polar surface area (TPSA) is 23.6 Å². The van der Waals surface area contributed by atoms with E-state index in [1.54, 1.807) is 0 Å². The van der Waals surface area contributed by atoms with E-state index >= 15 is 0 Å². The standard InChI is InChI=1S/C11H14Cl2N2O/c12-5-7-14-9-3-1-2-4-10(9)15(8-6-13)11(14)16/h1-4,9-10H,5-8H2. The van der Waals surface area contributed by atoms with Crippen LogP contribution in [0.4, 0.5) is 4.79 Å². The molecular weight excluding hydrogens is 247 g/mol. The summed E-state index contributed by atoms with van der Waals surface area (Å²) in [5.41, 5.74) is 0. The first kappa shape index (κ1) is 11.8. The zero-order valence-corrected chi connectivity index (χ0v) is 10.4. The zero-order chi connectivity index (χ0) is 11.5. The molecule has 0 aromatic rings. The number of fused-ring (bicyclic) bond motifs is 1. The smallest absolute Gasteiger partial charge is 0.315 e. The van der Waals surface area contributed by atoms with Crippen molar-refractivity contribution in [2.45, 2.75) is 12.1 Å². The molecule has 2 unspecified atom stereocenters. The van der Waals surface area contributed by atoms with Gasteiger partial charge in [-0.05, 0) is 0 Å². The highest BCUT2D eigenvalue weighted by molar-refractivity contribution is 6.18. The number of hydrogen-bond donors (Lipinski definition) is 0. The van der Waals surface area contributed by atoms with Crippen molar-refractivity contribution in [3.05, 3.63) is 24.3 Å². The lowest BCUT2D eigenvalue weighted by atomic mass is 10.0. The molecule has 0 N–H and O–H groups in total. The van der Waals surface area contributed by atoms with Crippen molar-refractivity contribution in [2.75, 3.05) is 24.8 Å². The minimum Gasteiger partial charge on any atom is -0.315 e. The number of nitrogens with zero attached hydrogens (tertiary/aromatic N) is 2. The molecule has 0 radical (unpaired) electrons. The second-order valence-electron chi connectivity index (χ2n) is 3.80. The summed E-state index contributed by atoms with van der Waals surface area (Å²) in [7, 11) is 0. The largest absolute Gasteiger partial charge is 0.321 e. The third kappa shape index (κ3) is 1.94. The molecule has 1 saturated heterocycles. The van der Waals surface area contributed by atoms with Gasteiger partial charge in [0.25, 0.3) is 0 Å². The molecule has 2 aliphatic rings. The van der Waals surface area contributed by atoms with Crippen molar-refractivity contribution in [1.82, 2.24) is 9.80 Å². The molecule has 0 aromatic carbocycles. The second-order valence-corrected chi connectivity index (χ2v) is 4.55. The molecule has 2 atom stereocenters. The predicted molar refractivity (Wildman–Crippen MR) is 66.1 cm³/mol. The molecule has 0 bridgehead atoms. The van der Waals surface area contributed by atoms with Crippen molar-refractivity contribution >= 4 is 29.2 Å². The predicted octanol–water partition coefficient (Wildman–Crippen LogP) is 2.06. The Morgan fingerprint density at radius 3 is 1.81 bits per heavy atom. The van der Waals surface area contributed by atoms with Crippen LogP contribution in [0.25, 0.3) is 0 Å². The van der Waals surface area contributed by atoms with Gasteiger partial charge in [0.1, 0.15) is 0 Å². The monoisotopic (exact) mass is 260 g/mol. The first-order chi connectivity index (χ1) is 7.79. The number of carbonyl (C=O) groups excluding carboxylic acids is 1. The van der Waals surface area contributed by atoms with E-state index in [0.29, 0.717) is 24.8 Å². The minimum atomic E-state index is 0.0347. The van der Waals surface area contributed by atoms with Crippen LogP contribution in [0.1, 0.15) is 0 Å². The van der Waals surface area contributed by atoms with E-state index in [0.717, 1.165) is 0 Å². The summed E-state index contributed by atoms with van der Waals surface area (Å²) in [6.07, 6.45) is 8.03. The summed E-state index contributed by atoms with van der Waals surface area (Å²) in [5, 5.41) is 0. The molecule has 1 aliphatic heterocycles. The summed E-state index contributed by atoms with van der Waals surface area (Å²) < 4.78 is 0. The Bertz CT molecular complexity index is 300. The highest BCUT2D eigenvalue weighted by atomic mass is 35.5. The lowest BCUT2D eigenvalue weighted by Crippen LogP contribution is -2.36. The SMILES string of the molecule is O=C1N(CCCl)C2C=CC=CC2N1CCCl. The first-order valence-corrected chi connectivity index (χ1v) is 6.40. The Kier molecular flexibility index (Phi) is 3.77. The van der Waals surface area contributed by atoms with Gasteiger partial charge in [0, 0.05) is 24.8 Å². The number of hydrogen-bond acceptors (Lipinski definition) is 1. The van der Waals surface area contributed by atoms with Gasteiger partial charge in [0.05, 0.1) is 12.1 Å². The third-order valence-electron chi connectivity index (χ3n) is 2.94. The molecule has 16 heavy (non-hydrogen) atoms. The number of allylic oxidation sites excluding steroid dienone is 2. The summed E-state index contributed by atoms with van der Waals surface area (Å²) in [4.78, 5) is 15.7. The average molecular weight is 261 g/mol. The number of carbonyl (C=O) groups is 1. The summed E-state index contributed by atoms with van der Waals surface area (Å²) in [6.45, 7) is 1.16. The molecule has 3 nitrogen and oxygen atoms in total. The molecular formula is C11H14Cl2N2O. The number of urea groups is 1. The molecule has 5 heteroatoms. The van der Waals surface area contributed by atoms with E-state index in [1.165, 1.54) is 0 Å². The normalized spacial score (nSPS) is 27.8. The van der Waals surface area contributed by atoms with Gasteiger partial charge in [-0.2, -0.15) is 0 Å². The molecule has 0 saturated carbocycles. The fourth-order valence-corrected chi connectivity index (χ4v) is 2.62. The van der Waals surface area contributed by atoms with Crippen LogP contribution in [0, 0.1) is 0 Å². The van der Waals surface area contributed by atoms with Crippen molar-refractivity contribution in [3.63, 3.8) is 0 Å². The fourth-order valence-electron chi connectivity index (χ4n) is 2.25. The van der Waals surface area contributed by atoms with Crippen LogP contribution in [0.2, 0.25) is 0 Å². The van der Waals surface area contributed by atoms with E-state index < -0.39 is 0 Å². The maximum Gasteiger partial charge on any atom is 0.321 e. The Labute approximate surface area is 105 Å². The van der Waals surface area contributed by atoms with Gasteiger partial charge >= 0.3 is 6.03 Å². The van der Waals surface area contributed by atoms with Crippen molar-refractivity contribution in [2.24, 2.45) is 0 Å². The molecule has 1 fully saturated rings. The summed E-state index contributed by atoms with van der Waals surface area (Å²) in [6, 6.07) is 0.256. The number of amides is 2. The van der Waals surface area contributed by atoms with Gasteiger partial charge in [-0.15, -0.1) is 23.2 Å². The van der Waals surface area contributed by atoms with Gasteiger partial charge in [-0.25, -0.2) is 4.79 Å².